The molecular weight excluding hydrogens is 416 g/mol. The second-order valence-electron chi connectivity index (χ2n) is 6.53. The third-order valence-electron chi connectivity index (χ3n) is 4.46. The Morgan fingerprint density at radius 3 is 2.62 bits per heavy atom. The number of anilines is 1. The van der Waals surface area contributed by atoms with Crippen LogP contribution in [0, 0.1) is 0 Å². The summed E-state index contributed by atoms with van der Waals surface area (Å²) in [5.41, 5.74) is 1.18. The predicted molar refractivity (Wildman–Crippen MR) is 108 cm³/mol. The van der Waals surface area contributed by atoms with Crippen LogP contribution in [-0.2, 0) is 21.4 Å². The second kappa shape index (κ2) is 7.55. The molecule has 1 amide bonds. The zero-order valence-corrected chi connectivity index (χ0v) is 17.0. The van der Waals surface area contributed by atoms with Crippen molar-refractivity contribution in [3.05, 3.63) is 65.4 Å². The highest BCUT2D eigenvalue weighted by molar-refractivity contribution is 7.89. The standard InChI is InChI=1S/C20H17ClN2O5S/c1-23(11-15-6-8-18(28-15)13-2-4-14(21)5-3-13)29(25,26)16-7-9-19-17(10-16)22-20(24)12-27-19/h2-10H,11-12H2,1H3,(H,22,24). The number of fused-ring (bicyclic) bond motifs is 1. The van der Waals surface area contributed by atoms with E-state index in [-0.39, 0.29) is 24.0 Å². The van der Waals surface area contributed by atoms with Crippen LogP contribution in [0.4, 0.5) is 5.69 Å². The van der Waals surface area contributed by atoms with Crippen molar-refractivity contribution in [1.82, 2.24) is 4.31 Å². The molecule has 4 rings (SSSR count). The van der Waals surface area contributed by atoms with E-state index in [1.807, 2.05) is 12.1 Å². The van der Waals surface area contributed by atoms with E-state index in [4.69, 9.17) is 20.8 Å². The fourth-order valence-electron chi connectivity index (χ4n) is 2.94. The van der Waals surface area contributed by atoms with Crippen LogP contribution in [0.15, 0.2) is 63.9 Å². The molecule has 1 aromatic heterocycles. The molecule has 2 aromatic carbocycles. The van der Waals surface area contributed by atoms with E-state index in [1.165, 1.54) is 29.6 Å². The van der Waals surface area contributed by atoms with Crippen molar-refractivity contribution in [2.24, 2.45) is 0 Å². The lowest BCUT2D eigenvalue weighted by Gasteiger charge is -2.20. The van der Waals surface area contributed by atoms with Crippen molar-refractivity contribution in [3.8, 4) is 17.1 Å². The second-order valence-corrected chi connectivity index (χ2v) is 9.01. The molecule has 0 atom stereocenters. The molecule has 1 N–H and O–H groups in total. The molecule has 0 spiro atoms. The summed E-state index contributed by atoms with van der Waals surface area (Å²) in [5.74, 6) is 1.22. The zero-order valence-electron chi connectivity index (χ0n) is 15.4. The number of carbonyl (C=O) groups excluding carboxylic acids is 1. The topological polar surface area (TPSA) is 88.9 Å². The van der Waals surface area contributed by atoms with E-state index >= 15 is 0 Å². The van der Waals surface area contributed by atoms with Gasteiger partial charge in [0.15, 0.2) is 6.61 Å². The number of ether oxygens (including phenoxy) is 1. The normalized spacial score (nSPS) is 13.7. The first kappa shape index (κ1) is 19.5. The van der Waals surface area contributed by atoms with Crippen LogP contribution in [0.5, 0.6) is 5.75 Å². The minimum Gasteiger partial charge on any atom is -0.482 e. The number of furan rings is 1. The summed E-state index contributed by atoms with van der Waals surface area (Å²) in [6, 6.07) is 15.1. The first-order valence-electron chi connectivity index (χ1n) is 8.70. The Bertz CT molecular complexity index is 1170. The maximum atomic E-state index is 12.9. The summed E-state index contributed by atoms with van der Waals surface area (Å²) in [5, 5.41) is 3.23. The van der Waals surface area contributed by atoms with Crippen LogP contribution < -0.4 is 10.1 Å². The van der Waals surface area contributed by atoms with Crippen molar-refractivity contribution < 1.29 is 22.4 Å². The molecule has 9 heteroatoms. The van der Waals surface area contributed by atoms with Gasteiger partial charge in [-0.25, -0.2) is 8.42 Å². The molecule has 1 aliphatic heterocycles. The molecule has 0 saturated heterocycles. The van der Waals surface area contributed by atoms with Crippen molar-refractivity contribution >= 4 is 33.2 Å². The molecule has 7 nitrogen and oxygen atoms in total. The quantitative estimate of drug-likeness (QED) is 0.663. The fraction of sp³-hybridized carbons (Fsp3) is 0.150. The molecule has 0 saturated carbocycles. The number of benzene rings is 2. The van der Waals surface area contributed by atoms with E-state index < -0.39 is 10.0 Å². The van der Waals surface area contributed by atoms with Gasteiger partial charge in [-0.1, -0.05) is 11.6 Å². The third-order valence-corrected chi connectivity index (χ3v) is 6.51. The Kier molecular flexibility index (Phi) is 5.08. The van der Waals surface area contributed by atoms with Crippen LogP contribution in [-0.4, -0.2) is 32.3 Å². The lowest BCUT2D eigenvalue weighted by Crippen LogP contribution is -2.28. The summed E-state index contributed by atoms with van der Waals surface area (Å²) < 4.78 is 38.1. The van der Waals surface area contributed by atoms with Gasteiger partial charge in [-0.3, -0.25) is 4.79 Å². The monoisotopic (exact) mass is 432 g/mol. The van der Waals surface area contributed by atoms with E-state index in [9.17, 15) is 13.2 Å². The minimum absolute atomic E-state index is 0.0500. The van der Waals surface area contributed by atoms with Crippen LogP contribution in [0.2, 0.25) is 5.02 Å². The number of hydrogen-bond donors (Lipinski definition) is 1. The van der Waals surface area contributed by atoms with Gasteiger partial charge < -0.3 is 14.5 Å². The number of hydrogen-bond acceptors (Lipinski definition) is 5. The van der Waals surface area contributed by atoms with Crippen molar-refractivity contribution in [1.29, 1.82) is 0 Å². The number of carbonyl (C=O) groups is 1. The van der Waals surface area contributed by atoms with Gasteiger partial charge in [0.1, 0.15) is 17.3 Å². The van der Waals surface area contributed by atoms with E-state index in [2.05, 4.69) is 5.32 Å². The van der Waals surface area contributed by atoms with E-state index in [0.29, 0.717) is 28.0 Å². The van der Waals surface area contributed by atoms with Gasteiger partial charge in [-0.15, -0.1) is 0 Å². The first-order chi connectivity index (χ1) is 13.8. The molecular formula is C20H17ClN2O5S. The van der Waals surface area contributed by atoms with Gasteiger partial charge in [0.25, 0.3) is 5.91 Å². The van der Waals surface area contributed by atoms with Gasteiger partial charge in [-0.05, 0) is 54.6 Å². The smallest absolute Gasteiger partial charge is 0.262 e. The van der Waals surface area contributed by atoms with Gasteiger partial charge in [0.05, 0.1) is 17.1 Å². The Balaban J connectivity index is 1.53. The number of nitrogens with zero attached hydrogens (tertiary/aromatic N) is 1. The molecule has 0 fully saturated rings. The minimum atomic E-state index is -3.80. The SMILES string of the molecule is CN(Cc1ccc(-c2ccc(Cl)cc2)o1)S(=O)(=O)c1ccc2c(c1)NC(=O)CO2. The molecule has 2 heterocycles. The lowest BCUT2D eigenvalue weighted by atomic mass is 10.2. The van der Waals surface area contributed by atoms with Gasteiger partial charge in [0, 0.05) is 17.6 Å². The Morgan fingerprint density at radius 2 is 1.86 bits per heavy atom. The number of amides is 1. The number of nitrogens with one attached hydrogen (secondary N) is 1. The fourth-order valence-corrected chi connectivity index (χ4v) is 4.23. The first-order valence-corrected chi connectivity index (χ1v) is 10.5. The average Bonchev–Trinajstić information content (AvgIpc) is 3.16. The highest BCUT2D eigenvalue weighted by atomic mass is 35.5. The maximum Gasteiger partial charge on any atom is 0.262 e. The molecule has 150 valence electrons. The predicted octanol–water partition coefficient (Wildman–Crippen LogP) is 3.75. The summed E-state index contributed by atoms with van der Waals surface area (Å²) >= 11 is 5.90. The summed E-state index contributed by atoms with van der Waals surface area (Å²) in [6.07, 6.45) is 0. The molecule has 1 aliphatic rings. The molecule has 0 radical (unpaired) electrons. The largest absolute Gasteiger partial charge is 0.482 e. The average molecular weight is 433 g/mol. The zero-order chi connectivity index (χ0) is 20.6. The van der Waals surface area contributed by atoms with Crippen LogP contribution in [0.25, 0.3) is 11.3 Å². The molecule has 3 aromatic rings. The Labute approximate surface area is 172 Å². The molecule has 0 aliphatic carbocycles. The molecule has 29 heavy (non-hydrogen) atoms. The highest BCUT2D eigenvalue weighted by Crippen LogP contribution is 2.31. The Hall–Kier alpha value is -2.81. The van der Waals surface area contributed by atoms with Crippen molar-refractivity contribution in [2.75, 3.05) is 19.0 Å². The van der Waals surface area contributed by atoms with Gasteiger partial charge >= 0.3 is 0 Å². The number of halogens is 1. The summed E-state index contributed by atoms with van der Waals surface area (Å²) in [7, 11) is -2.33. The number of rotatable bonds is 5. The lowest BCUT2D eigenvalue weighted by molar-refractivity contribution is -0.118. The van der Waals surface area contributed by atoms with Crippen LogP contribution in [0.1, 0.15) is 5.76 Å². The Morgan fingerprint density at radius 1 is 1.10 bits per heavy atom. The van der Waals surface area contributed by atoms with Crippen molar-refractivity contribution in [3.63, 3.8) is 0 Å². The number of sulfonamides is 1. The van der Waals surface area contributed by atoms with E-state index in [0.717, 1.165) is 5.56 Å². The van der Waals surface area contributed by atoms with Crippen LogP contribution >= 0.6 is 11.6 Å². The maximum absolute atomic E-state index is 12.9. The van der Waals surface area contributed by atoms with Gasteiger partial charge in [-0.2, -0.15) is 4.31 Å². The van der Waals surface area contributed by atoms with E-state index in [1.54, 1.807) is 24.3 Å². The molecule has 0 bridgehead atoms. The molecule has 0 unspecified atom stereocenters. The third kappa shape index (κ3) is 4.00. The highest BCUT2D eigenvalue weighted by Gasteiger charge is 2.25. The van der Waals surface area contributed by atoms with Crippen LogP contribution in [0.3, 0.4) is 0 Å². The van der Waals surface area contributed by atoms with Crippen molar-refractivity contribution in [2.45, 2.75) is 11.4 Å². The van der Waals surface area contributed by atoms with Gasteiger partial charge in [0.2, 0.25) is 10.0 Å². The summed E-state index contributed by atoms with van der Waals surface area (Å²) in [4.78, 5) is 11.5. The summed E-state index contributed by atoms with van der Waals surface area (Å²) in [6.45, 7) is -0.0384.